The Labute approximate surface area is 96.9 Å². The van der Waals surface area contributed by atoms with E-state index in [1.165, 1.54) is 0 Å². The maximum Gasteiger partial charge on any atom is 0.434 e. The number of thiazole rings is 1. The van der Waals surface area contributed by atoms with Crippen LogP contribution in [0.15, 0.2) is 5.38 Å². The lowest BCUT2D eigenvalue weighted by Gasteiger charge is -2.17. The molecule has 0 aromatic carbocycles. The standard InChI is InChI=1S/C10H15F3N2S/c1-4-7(14-6(2)3)9-15-8(5-16-9)10(11,12)13/h5-7,14H,4H2,1-3H3. The Bertz CT molecular complexity index is 333. The zero-order valence-corrected chi connectivity index (χ0v) is 10.2. The molecule has 0 saturated heterocycles. The van der Waals surface area contributed by atoms with Crippen LogP contribution in [0, 0.1) is 0 Å². The van der Waals surface area contributed by atoms with Gasteiger partial charge in [-0.2, -0.15) is 13.2 Å². The van der Waals surface area contributed by atoms with Crippen molar-refractivity contribution >= 4 is 11.3 Å². The monoisotopic (exact) mass is 252 g/mol. The molecule has 1 unspecified atom stereocenters. The number of hydrogen-bond acceptors (Lipinski definition) is 3. The summed E-state index contributed by atoms with van der Waals surface area (Å²) in [6.07, 6.45) is -3.62. The van der Waals surface area contributed by atoms with Crippen molar-refractivity contribution in [3.63, 3.8) is 0 Å². The molecule has 0 bridgehead atoms. The van der Waals surface area contributed by atoms with Crippen molar-refractivity contribution in [3.8, 4) is 0 Å². The minimum Gasteiger partial charge on any atom is -0.306 e. The van der Waals surface area contributed by atoms with Crippen LogP contribution in [0.3, 0.4) is 0 Å². The van der Waals surface area contributed by atoms with E-state index in [1.807, 2.05) is 20.8 Å². The van der Waals surface area contributed by atoms with Gasteiger partial charge in [0.2, 0.25) is 0 Å². The highest BCUT2D eigenvalue weighted by atomic mass is 32.1. The van der Waals surface area contributed by atoms with E-state index in [-0.39, 0.29) is 12.1 Å². The third-order valence-corrected chi connectivity index (χ3v) is 3.01. The Morgan fingerprint density at radius 3 is 2.44 bits per heavy atom. The van der Waals surface area contributed by atoms with Crippen molar-refractivity contribution in [2.24, 2.45) is 0 Å². The van der Waals surface area contributed by atoms with Crippen LogP contribution in [0.2, 0.25) is 0 Å². The van der Waals surface area contributed by atoms with Crippen molar-refractivity contribution in [3.05, 3.63) is 16.1 Å². The normalized spacial score (nSPS) is 14.4. The Hall–Kier alpha value is -0.620. The summed E-state index contributed by atoms with van der Waals surface area (Å²) >= 11 is 1.06. The minimum atomic E-state index is -4.34. The minimum absolute atomic E-state index is 0.0962. The second-order valence-corrected chi connectivity index (χ2v) is 4.74. The van der Waals surface area contributed by atoms with Gasteiger partial charge in [0.1, 0.15) is 5.01 Å². The number of nitrogens with zero attached hydrogens (tertiary/aromatic N) is 1. The number of aromatic nitrogens is 1. The summed E-state index contributed by atoms with van der Waals surface area (Å²) in [5.41, 5.74) is -0.795. The third kappa shape index (κ3) is 3.45. The molecule has 92 valence electrons. The van der Waals surface area contributed by atoms with Crippen molar-refractivity contribution in [1.82, 2.24) is 10.3 Å². The molecule has 0 fully saturated rings. The van der Waals surface area contributed by atoms with Gasteiger partial charge in [0.05, 0.1) is 6.04 Å². The average Bonchev–Trinajstić information content (AvgIpc) is 2.61. The van der Waals surface area contributed by atoms with Crippen molar-refractivity contribution in [2.75, 3.05) is 0 Å². The fourth-order valence-electron chi connectivity index (χ4n) is 1.34. The van der Waals surface area contributed by atoms with E-state index < -0.39 is 11.9 Å². The first kappa shape index (κ1) is 13.4. The van der Waals surface area contributed by atoms with E-state index >= 15 is 0 Å². The number of rotatable bonds is 4. The van der Waals surface area contributed by atoms with Crippen LogP contribution in [0.5, 0.6) is 0 Å². The van der Waals surface area contributed by atoms with Crippen molar-refractivity contribution < 1.29 is 13.2 Å². The molecule has 6 heteroatoms. The van der Waals surface area contributed by atoms with Crippen LogP contribution < -0.4 is 5.32 Å². The maximum atomic E-state index is 12.4. The first-order chi connectivity index (χ1) is 7.34. The summed E-state index contributed by atoms with van der Waals surface area (Å²) in [6, 6.07) is 0.129. The molecule has 0 amide bonds. The molecule has 1 atom stereocenters. The van der Waals surface area contributed by atoms with E-state index in [0.717, 1.165) is 23.1 Å². The molecule has 1 N–H and O–H groups in total. The SMILES string of the molecule is CCC(NC(C)C)c1nc(C(F)(F)F)cs1. The Morgan fingerprint density at radius 2 is 2.06 bits per heavy atom. The number of nitrogens with one attached hydrogen (secondary N) is 1. The van der Waals surface area contributed by atoms with E-state index in [2.05, 4.69) is 10.3 Å². The predicted octanol–water partition coefficient (Wildman–Crippen LogP) is 3.61. The quantitative estimate of drug-likeness (QED) is 0.885. The predicted molar refractivity (Wildman–Crippen MR) is 58.4 cm³/mol. The summed E-state index contributed by atoms with van der Waals surface area (Å²) in [6.45, 7) is 5.84. The molecular formula is C10H15F3N2S. The zero-order chi connectivity index (χ0) is 12.3. The summed E-state index contributed by atoms with van der Waals surface area (Å²) in [5.74, 6) is 0. The molecule has 0 saturated carbocycles. The second-order valence-electron chi connectivity index (χ2n) is 3.85. The fourth-order valence-corrected chi connectivity index (χ4v) is 2.31. The maximum absolute atomic E-state index is 12.4. The molecule has 0 aliphatic rings. The first-order valence-corrected chi connectivity index (χ1v) is 6.01. The molecule has 0 radical (unpaired) electrons. The molecule has 0 aliphatic heterocycles. The van der Waals surface area contributed by atoms with Crippen LogP contribution >= 0.6 is 11.3 Å². The molecule has 0 aliphatic carbocycles. The van der Waals surface area contributed by atoms with E-state index in [9.17, 15) is 13.2 Å². The van der Waals surface area contributed by atoms with Gasteiger partial charge in [0, 0.05) is 11.4 Å². The number of halogens is 3. The van der Waals surface area contributed by atoms with Gasteiger partial charge in [-0.05, 0) is 6.42 Å². The highest BCUT2D eigenvalue weighted by molar-refractivity contribution is 7.09. The molecule has 1 aromatic heterocycles. The lowest BCUT2D eigenvalue weighted by molar-refractivity contribution is -0.140. The molecule has 1 aromatic rings. The van der Waals surface area contributed by atoms with Gasteiger partial charge in [0.25, 0.3) is 0 Å². The Kier molecular flexibility index (Phi) is 4.32. The van der Waals surface area contributed by atoms with E-state index in [4.69, 9.17) is 0 Å². The molecule has 2 nitrogen and oxygen atoms in total. The summed E-state index contributed by atoms with van der Waals surface area (Å²) in [7, 11) is 0. The second kappa shape index (κ2) is 5.14. The van der Waals surface area contributed by atoms with Crippen LogP contribution in [-0.4, -0.2) is 11.0 Å². The van der Waals surface area contributed by atoms with Gasteiger partial charge in [-0.3, -0.25) is 0 Å². The lowest BCUT2D eigenvalue weighted by Crippen LogP contribution is -2.27. The Balaban J connectivity index is 2.83. The Morgan fingerprint density at radius 1 is 1.44 bits per heavy atom. The number of alkyl halides is 3. The zero-order valence-electron chi connectivity index (χ0n) is 9.43. The van der Waals surface area contributed by atoms with Gasteiger partial charge < -0.3 is 5.32 Å². The van der Waals surface area contributed by atoms with Crippen LogP contribution in [0.25, 0.3) is 0 Å². The smallest absolute Gasteiger partial charge is 0.306 e. The van der Waals surface area contributed by atoms with Crippen molar-refractivity contribution in [1.29, 1.82) is 0 Å². The number of hydrogen-bond donors (Lipinski definition) is 1. The third-order valence-electron chi connectivity index (χ3n) is 2.05. The summed E-state index contributed by atoms with van der Waals surface area (Å²) in [4.78, 5) is 3.64. The molecule has 0 spiro atoms. The van der Waals surface area contributed by atoms with Crippen molar-refractivity contribution in [2.45, 2.75) is 45.5 Å². The van der Waals surface area contributed by atoms with Gasteiger partial charge >= 0.3 is 6.18 Å². The fraction of sp³-hybridized carbons (Fsp3) is 0.700. The van der Waals surface area contributed by atoms with E-state index in [1.54, 1.807) is 0 Å². The van der Waals surface area contributed by atoms with Crippen LogP contribution in [-0.2, 0) is 6.18 Å². The topological polar surface area (TPSA) is 24.9 Å². The summed E-state index contributed by atoms with van der Waals surface area (Å²) in [5, 5.41) is 4.76. The largest absolute Gasteiger partial charge is 0.434 e. The highest BCUT2D eigenvalue weighted by Crippen LogP contribution is 2.32. The molecule has 16 heavy (non-hydrogen) atoms. The van der Waals surface area contributed by atoms with Gasteiger partial charge in [-0.1, -0.05) is 20.8 Å². The summed E-state index contributed by atoms with van der Waals surface area (Å²) < 4.78 is 37.1. The lowest BCUT2D eigenvalue weighted by atomic mass is 10.2. The van der Waals surface area contributed by atoms with Crippen LogP contribution in [0.1, 0.15) is 43.9 Å². The molecular weight excluding hydrogens is 237 g/mol. The van der Waals surface area contributed by atoms with Gasteiger partial charge in [-0.25, -0.2) is 4.98 Å². The van der Waals surface area contributed by atoms with E-state index in [0.29, 0.717) is 5.01 Å². The van der Waals surface area contributed by atoms with Crippen LogP contribution in [0.4, 0.5) is 13.2 Å². The van der Waals surface area contributed by atoms with Gasteiger partial charge in [0.15, 0.2) is 5.69 Å². The van der Waals surface area contributed by atoms with Gasteiger partial charge in [-0.15, -0.1) is 11.3 Å². The molecule has 1 heterocycles. The molecule has 1 rings (SSSR count). The highest BCUT2D eigenvalue weighted by Gasteiger charge is 2.34. The first-order valence-electron chi connectivity index (χ1n) is 5.13. The average molecular weight is 252 g/mol.